The monoisotopic (exact) mass is 267 g/mol. The molecule has 0 aliphatic heterocycles. The van der Waals surface area contributed by atoms with E-state index in [9.17, 15) is 4.39 Å². The molecule has 0 bridgehead atoms. The van der Waals surface area contributed by atoms with E-state index in [0.717, 1.165) is 29.7 Å². The summed E-state index contributed by atoms with van der Waals surface area (Å²) in [6, 6.07) is 5.08. The molecule has 2 aliphatic rings. The maximum absolute atomic E-state index is 13.3. The highest BCUT2D eigenvalue weighted by molar-refractivity contribution is 6.31. The molecule has 0 saturated heterocycles. The molecule has 1 aromatic carbocycles. The molecule has 2 aliphatic carbocycles. The van der Waals surface area contributed by atoms with E-state index in [-0.39, 0.29) is 5.82 Å². The van der Waals surface area contributed by atoms with Crippen LogP contribution in [0.25, 0.3) is 0 Å². The molecule has 3 heteroatoms. The number of fused-ring (bicyclic) bond motifs is 1. The first kappa shape index (κ1) is 12.4. The Labute approximate surface area is 113 Å². The fourth-order valence-corrected chi connectivity index (χ4v) is 3.73. The third-order valence-corrected chi connectivity index (χ3v) is 5.04. The van der Waals surface area contributed by atoms with Crippen molar-refractivity contribution in [3.05, 3.63) is 34.6 Å². The molecular weight excluding hydrogens is 249 g/mol. The number of rotatable bonds is 4. The van der Waals surface area contributed by atoms with Crippen LogP contribution in [0, 0.1) is 23.6 Å². The highest BCUT2D eigenvalue weighted by Gasteiger charge is 2.47. The highest BCUT2D eigenvalue weighted by Crippen LogP contribution is 2.55. The quantitative estimate of drug-likeness (QED) is 0.878. The van der Waals surface area contributed by atoms with Crippen LogP contribution in [0.5, 0.6) is 0 Å². The van der Waals surface area contributed by atoms with Crippen LogP contribution in [0.3, 0.4) is 0 Å². The Hall–Kier alpha value is -0.600. The Morgan fingerprint density at radius 2 is 2.06 bits per heavy atom. The van der Waals surface area contributed by atoms with E-state index in [2.05, 4.69) is 5.32 Å². The molecule has 0 aromatic heterocycles. The zero-order valence-corrected chi connectivity index (χ0v) is 11.4. The Balaban J connectivity index is 1.70. The number of hydrogen-bond acceptors (Lipinski definition) is 1. The molecular formula is C15H19ClFN. The maximum atomic E-state index is 13.3. The van der Waals surface area contributed by atoms with Crippen molar-refractivity contribution in [2.45, 2.75) is 31.7 Å². The lowest BCUT2D eigenvalue weighted by Gasteiger charge is -2.25. The molecule has 1 N–H and O–H groups in total. The molecule has 2 fully saturated rings. The summed E-state index contributed by atoms with van der Waals surface area (Å²) in [4.78, 5) is 0. The minimum atomic E-state index is -0.196. The molecule has 18 heavy (non-hydrogen) atoms. The second-order valence-electron chi connectivity index (χ2n) is 5.82. The van der Waals surface area contributed by atoms with E-state index in [0.29, 0.717) is 11.1 Å². The van der Waals surface area contributed by atoms with Gasteiger partial charge in [-0.1, -0.05) is 11.6 Å². The van der Waals surface area contributed by atoms with Gasteiger partial charge in [0.25, 0.3) is 0 Å². The van der Waals surface area contributed by atoms with Gasteiger partial charge in [0.1, 0.15) is 5.82 Å². The van der Waals surface area contributed by atoms with Crippen molar-refractivity contribution in [2.24, 2.45) is 17.8 Å². The third-order valence-electron chi connectivity index (χ3n) is 4.67. The summed E-state index contributed by atoms with van der Waals surface area (Å²) in [7, 11) is 2.00. The van der Waals surface area contributed by atoms with Crippen molar-refractivity contribution < 1.29 is 4.39 Å². The molecule has 3 atom stereocenters. The van der Waals surface area contributed by atoms with Gasteiger partial charge < -0.3 is 5.32 Å². The number of halogens is 2. The lowest BCUT2D eigenvalue weighted by molar-refractivity contribution is 0.349. The fourth-order valence-electron chi connectivity index (χ4n) is 3.53. The SMILES string of the molecule is CNC(Cc1cc(F)ccc1Cl)C1CC2CC2C1. The molecule has 1 aromatic rings. The normalized spacial score (nSPS) is 31.2. The van der Waals surface area contributed by atoms with Gasteiger partial charge in [-0.05, 0) is 74.2 Å². The van der Waals surface area contributed by atoms with Crippen LogP contribution in [0.1, 0.15) is 24.8 Å². The van der Waals surface area contributed by atoms with Crippen molar-refractivity contribution in [3.8, 4) is 0 Å². The Morgan fingerprint density at radius 1 is 1.33 bits per heavy atom. The van der Waals surface area contributed by atoms with Crippen molar-refractivity contribution in [1.29, 1.82) is 0 Å². The topological polar surface area (TPSA) is 12.0 Å². The van der Waals surface area contributed by atoms with Crippen molar-refractivity contribution in [1.82, 2.24) is 5.32 Å². The van der Waals surface area contributed by atoms with E-state index in [4.69, 9.17) is 11.6 Å². The van der Waals surface area contributed by atoms with Gasteiger partial charge >= 0.3 is 0 Å². The second kappa shape index (κ2) is 4.82. The van der Waals surface area contributed by atoms with Gasteiger partial charge in [0.2, 0.25) is 0 Å². The minimum Gasteiger partial charge on any atom is -0.316 e. The summed E-state index contributed by atoms with van der Waals surface area (Å²) >= 11 is 6.15. The minimum absolute atomic E-state index is 0.196. The van der Waals surface area contributed by atoms with Crippen molar-refractivity contribution in [3.63, 3.8) is 0 Å². The molecule has 0 spiro atoms. The smallest absolute Gasteiger partial charge is 0.123 e. The Bertz CT molecular complexity index is 438. The van der Waals surface area contributed by atoms with Crippen molar-refractivity contribution in [2.75, 3.05) is 7.05 Å². The third kappa shape index (κ3) is 2.41. The average Bonchev–Trinajstić information content (AvgIpc) is 2.97. The Morgan fingerprint density at radius 3 is 2.72 bits per heavy atom. The fraction of sp³-hybridized carbons (Fsp3) is 0.600. The number of benzene rings is 1. The largest absolute Gasteiger partial charge is 0.316 e. The standard InChI is InChI=1S/C15H19ClFN/c1-18-15(12-5-9-4-10(9)6-12)8-11-7-13(17)2-3-14(11)16/h2-3,7,9-10,12,15,18H,4-6,8H2,1H3. The molecule has 3 unspecified atom stereocenters. The van der Waals surface area contributed by atoms with E-state index >= 15 is 0 Å². The second-order valence-corrected chi connectivity index (χ2v) is 6.23. The molecule has 2 saturated carbocycles. The number of hydrogen-bond donors (Lipinski definition) is 1. The van der Waals surface area contributed by atoms with Gasteiger partial charge in [-0.15, -0.1) is 0 Å². The molecule has 0 heterocycles. The van der Waals surface area contributed by atoms with Crippen LogP contribution < -0.4 is 5.32 Å². The van der Waals surface area contributed by atoms with Crippen LogP contribution in [-0.4, -0.2) is 13.1 Å². The van der Waals surface area contributed by atoms with Gasteiger partial charge in [0.15, 0.2) is 0 Å². The lowest BCUT2D eigenvalue weighted by Crippen LogP contribution is -2.35. The summed E-state index contributed by atoms with van der Waals surface area (Å²) in [5.41, 5.74) is 0.927. The molecule has 1 nitrogen and oxygen atoms in total. The predicted molar refractivity (Wildman–Crippen MR) is 72.3 cm³/mol. The summed E-state index contributed by atoms with van der Waals surface area (Å²) in [5.74, 6) is 2.50. The number of nitrogens with one attached hydrogen (secondary N) is 1. The Kier molecular flexibility index (Phi) is 3.33. The first-order valence-corrected chi connectivity index (χ1v) is 7.16. The first-order chi connectivity index (χ1) is 8.67. The van der Waals surface area contributed by atoms with Gasteiger partial charge in [-0.3, -0.25) is 0 Å². The van der Waals surface area contributed by atoms with Gasteiger partial charge in [0.05, 0.1) is 0 Å². The van der Waals surface area contributed by atoms with E-state index in [1.165, 1.54) is 25.3 Å². The average molecular weight is 268 g/mol. The van der Waals surface area contributed by atoms with Gasteiger partial charge in [-0.25, -0.2) is 4.39 Å². The maximum Gasteiger partial charge on any atom is 0.123 e. The van der Waals surface area contributed by atoms with Crippen LogP contribution in [0.15, 0.2) is 18.2 Å². The van der Waals surface area contributed by atoms with E-state index in [1.807, 2.05) is 7.05 Å². The van der Waals surface area contributed by atoms with Crippen LogP contribution in [0.2, 0.25) is 5.02 Å². The highest BCUT2D eigenvalue weighted by atomic mass is 35.5. The van der Waals surface area contributed by atoms with Crippen molar-refractivity contribution >= 4 is 11.6 Å². The summed E-state index contributed by atoms with van der Waals surface area (Å²) in [6.45, 7) is 0. The summed E-state index contributed by atoms with van der Waals surface area (Å²) in [5, 5.41) is 4.08. The summed E-state index contributed by atoms with van der Waals surface area (Å²) in [6.07, 6.45) is 4.94. The molecule has 3 rings (SSSR count). The first-order valence-electron chi connectivity index (χ1n) is 6.78. The summed E-state index contributed by atoms with van der Waals surface area (Å²) < 4.78 is 13.3. The molecule has 98 valence electrons. The zero-order valence-electron chi connectivity index (χ0n) is 10.6. The van der Waals surface area contributed by atoms with E-state index < -0.39 is 0 Å². The van der Waals surface area contributed by atoms with Gasteiger partial charge in [-0.2, -0.15) is 0 Å². The van der Waals surface area contributed by atoms with Crippen LogP contribution >= 0.6 is 11.6 Å². The lowest BCUT2D eigenvalue weighted by atomic mass is 9.90. The van der Waals surface area contributed by atoms with Crippen LogP contribution in [0.4, 0.5) is 4.39 Å². The zero-order chi connectivity index (χ0) is 12.7. The van der Waals surface area contributed by atoms with Gasteiger partial charge in [0, 0.05) is 11.1 Å². The van der Waals surface area contributed by atoms with E-state index in [1.54, 1.807) is 12.1 Å². The van der Waals surface area contributed by atoms with Crippen LogP contribution in [-0.2, 0) is 6.42 Å². The predicted octanol–water partition coefficient (Wildman–Crippen LogP) is 3.66. The number of likely N-dealkylation sites (N-methyl/N-ethyl adjacent to an activating group) is 1. The molecule has 0 amide bonds. The molecule has 0 radical (unpaired) electrons.